The average Bonchev–Trinajstić information content (AvgIpc) is 3.28. The minimum atomic E-state index is -2.92. The number of aliphatic hydroxyl groups is 2. The number of aliphatic hydroxyl groups excluding tert-OH is 1. The molecule has 4 rings (SSSR count). The zero-order valence-corrected chi connectivity index (χ0v) is 22.8. The highest BCUT2D eigenvalue weighted by Crippen LogP contribution is 2.42. The Bertz CT molecular complexity index is 1610. The molecule has 41 heavy (non-hydrogen) atoms. The quantitative estimate of drug-likeness (QED) is 0.162. The van der Waals surface area contributed by atoms with Crippen LogP contribution in [-0.2, 0) is 11.3 Å². The van der Waals surface area contributed by atoms with Crippen LogP contribution in [-0.4, -0.2) is 43.9 Å². The molecule has 0 bridgehead atoms. The fourth-order valence-electron chi connectivity index (χ4n) is 4.88. The Balaban J connectivity index is 2.00. The number of carbonyl (C=O) groups excluding carboxylic acids is 1. The van der Waals surface area contributed by atoms with Crippen LogP contribution >= 0.6 is 0 Å². The van der Waals surface area contributed by atoms with Gasteiger partial charge in [0.15, 0.2) is 0 Å². The topological polar surface area (TPSA) is 112 Å². The van der Waals surface area contributed by atoms with E-state index in [1.165, 1.54) is 28.8 Å². The van der Waals surface area contributed by atoms with Gasteiger partial charge in [-0.15, -0.1) is 0 Å². The van der Waals surface area contributed by atoms with E-state index >= 15 is 0 Å². The molecular formula is C33H35FN2O5. The zero-order valence-electron chi connectivity index (χ0n) is 25.8. The van der Waals surface area contributed by atoms with Crippen LogP contribution in [0.5, 0.6) is 0 Å². The van der Waals surface area contributed by atoms with Gasteiger partial charge in [-0.3, -0.25) is 9.59 Å². The van der Waals surface area contributed by atoms with Crippen molar-refractivity contribution in [1.29, 1.82) is 0 Å². The highest BCUT2D eigenvalue weighted by molar-refractivity contribution is 6.12. The van der Waals surface area contributed by atoms with Gasteiger partial charge in [0.25, 0.3) is 5.91 Å². The van der Waals surface area contributed by atoms with Gasteiger partial charge in [-0.05, 0) is 66.2 Å². The number of anilines is 1. The third kappa shape index (κ3) is 7.28. The van der Waals surface area contributed by atoms with Crippen LogP contribution in [0.4, 0.5) is 10.1 Å². The second kappa shape index (κ2) is 13.4. The lowest BCUT2D eigenvalue weighted by Crippen LogP contribution is -2.22. The molecule has 0 aliphatic heterocycles. The number of hydrogen-bond donors (Lipinski definition) is 4. The predicted octanol–water partition coefficient (Wildman–Crippen LogP) is 6.31. The number of carboxylic acid groups (broad SMARTS) is 1. The maximum atomic E-state index is 14.1. The second-order valence-corrected chi connectivity index (χ2v) is 10.00. The van der Waals surface area contributed by atoms with Crippen LogP contribution in [0.1, 0.15) is 59.1 Å². The number of carboxylic acids is 1. The molecule has 0 radical (unpaired) electrons. The summed E-state index contributed by atoms with van der Waals surface area (Å²) in [5.74, 6) is -2.71. The van der Waals surface area contributed by atoms with E-state index in [1.807, 2.05) is 26.0 Å². The summed E-state index contributed by atoms with van der Waals surface area (Å²) in [6.07, 6.45) is -9.00. The maximum absolute atomic E-state index is 14.1. The van der Waals surface area contributed by atoms with E-state index in [1.54, 1.807) is 48.5 Å². The molecule has 0 saturated heterocycles. The van der Waals surface area contributed by atoms with Crippen molar-refractivity contribution in [3.8, 4) is 22.4 Å². The molecular weight excluding hydrogens is 523 g/mol. The predicted molar refractivity (Wildman–Crippen MR) is 157 cm³/mol. The number of rotatable bonds is 12. The van der Waals surface area contributed by atoms with E-state index in [4.69, 9.17) is 9.22 Å². The smallest absolute Gasteiger partial charge is 0.305 e. The number of aliphatic carboxylic acids is 1. The Morgan fingerprint density at radius 3 is 2.15 bits per heavy atom. The first kappa shape index (κ1) is 25.7. The van der Waals surface area contributed by atoms with Crippen LogP contribution in [0.15, 0.2) is 84.9 Å². The molecule has 1 amide bonds. The summed E-state index contributed by atoms with van der Waals surface area (Å²) in [5.41, 5.74) is 3.08. The Hall–Kier alpha value is -4.27. The van der Waals surface area contributed by atoms with Crippen molar-refractivity contribution in [2.45, 2.75) is 57.7 Å². The Labute approximate surface area is 243 Å². The summed E-state index contributed by atoms with van der Waals surface area (Å²) in [6, 6.07) is 23.3. The van der Waals surface area contributed by atoms with E-state index in [2.05, 4.69) is 5.32 Å². The lowest BCUT2D eigenvalue weighted by atomic mass is 9.94. The summed E-state index contributed by atoms with van der Waals surface area (Å²) in [7, 11) is 0. The van der Waals surface area contributed by atoms with Gasteiger partial charge in [-0.2, -0.15) is 0 Å². The van der Waals surface area contributed by atoms with Gasteiger partial charge < -0.3 is 25.2 Å². The Kier molecular flexibility index (Phi) is 8.39. The minimum absolute atomic E-state index is 0.240. The normalized spacial score (nSPS) is 14.9. The van der Waals surface area contributed by atoms with E-state index in [-0.39, 0.29) is 11.5 Å². The van der Waals surface area contributed by atoms with E-state index in [0.717, 1.165) is 0 Å². The molecule has 7 nitrogen and oxygen atoms in total. The zero-order chi connectivity index (χ0) is 32.2. The van der Waals surface area contributed by atoms with E-state index in [0.29, 0.717) is 33.8 Å². The van der Waals surface area contributed by atoms with Crippen molar-refractivity contribution in [3.63, 3.8) is 0 Å². The molecule has 0 fully saturated rings. The fourth-order valence-corrected chi connectivity index (χ4v) is 4.88. The summed E-state index contributed by atoms with van der Waals surface area (Å²) in [5, 5.41) is 33.1. The first-order chi connectivity index (χ1) is 20.7. The molecule has 0 spiro atoms. The Morgan fingerprint density at radius 2 is 1.56 bits per heavy atom. The number of aromatic nitrogens is 1. The van der Waals surface area contributed by atoms with Gasteiger partial charge in [0.1, 0.15) is 5.82 Å². The average molecular weight is 562 g/mol. The number of nitrogens with zero attached hydrogens (tertiary/aromatic N) is 1. The van der Waals surface area contributed by atoms with E-state index < -0.39 is 55.6 Å². The van der Waals surface area contributed by atoms with Gasteiger partial charge in [-0.1, -0.05) is 62.4 Å². The van der Waals surface area contributed by atoms with Crippen LogP contribution in [0.25, 0.3) is 22.4 Å². The standard InChI is InChI=1S/C33H35FN2O5/c1-21(2)31-30(33(41)35-25-11-7-4-8-12-25)29(22-9-5-3-6-10-22)32(23-13-15-24(34)16-14-23)36(31)18-17-26(37)19-27(38)20-28(39)40/h3-16,21,26-27,37-38H,17-20H2,1-2H3,(H,35,41)(H,39,40)/t26-,27+/m0/s1/i17D2,26D. The lowest BCUT2D eigenvalue weighted by Gasteiger charge is -2.20. The largest absolute Gasteiger partial charge is 0.481 e. The third-order valence-electron chi connectivity index (χ3n) is 6.57. The van der Waals surface area contributed by atoms with Crippen molar-refractivity contribution in [1.82, 2.24) is 4.57 Å². The van der Waals surface area contributed by atoms with Crippen molar-refractivity contribution < 1.29 is 33.4 Å². The fraction of sp³-hybridized carbons (Fsp3) is 0.273. The van der Waals surface area contributed by atoms with Crippen molar-refractivity contribution in [3.05, 3.63) is 102 Å². The summed E-state index contributed by atoms with van der Waals surface area (Å²) in [6.45, 7) is 3.01. The number of benzene rings is 3. The van der Waals surface area contributed by atoms with Crippen LogP contribution in [0.2, 0.25) is 0 Å². The number of amides is 1. The summed E-state index contributed by atoms with van der Waals surface area (Å²) in [4.78, 5) is 25.2. The lowest BCUT2D eigenvalue weighted by molar-refractivity contribution is -0.139. The molecule has 1 aromatic heterocycles. The Morgan fingerprint density at radius 1 is 0.951 bits per heavy atom. The number of carbonyl (C=O) groups is 2. The summed E-state index contributed by atoms with van der Waals surface area (Å²) >= 11 is 0. The highest BCUT2D eigenvalue weighted by atomic mass is 19.1. The van der Waals surface area contributed by atoms with Gasteiger partial charge in [0.2, 0.25) is 0 Å². The molecule has 214 valence electrons. The van der Waals surface area contributed by atoms with Crippen LogP contribution in [0, 0.1) is 5.82 Å². The highest BCUT2D eigenvalue weighted by Gasteiger charge is 2.31. The molecule has 0 unspecified atom stereocenters. The minimum Gasteiger partial charge on any atom is -0.481 e. The van der Waals surface area contributed by atoms with E-state index in [9.17, 15) is 24.2 Å². The molecule has 4 N–H and O–H groups in total. The van der Waals surface area contributed by atoms with Crippen LogP contribution < -0.4 is 5.32 Å². The number of halogens is 1. The first-order valence-corrected chi connectivity index (χ1v) is 13.3. The van der Waals surface area contributed by atoms with Crippen LogP contribution in [0.3, 0.4) is 0 Å². The van der Waals surface area contributed by atoms with Crippen molar-refractivity contribution in [2.24, 2.45) is 0 Å². The number of para-hydroxylation sites is 1. The molecule has 4 aromatic rings. The third-order valence-corrected chi connectivity index (χ3v) is 6.57. The molecule has 8 heteroatoms. The molecule has 2 atom stereocenters. The summed E-state index contributed by atoms with van der Waals surface area (Å²) < 4.78 is 41.8. The van der Waals surface area contributed by atoms with Gasteiger partial charge in [0, 0.05) is 26.2 Å². The number of hydrogen-bond acceptors (Lipinski definition) is 4. The second-order valence-electron chi connectivity index (χ2n) is 10.00. The monoisotopic (exact) mass is 561 g/mol. The molecule has 0 aliphatic rings. The first-order valence-electron chi connectivity index (χ1n) is 14.8. The van der Waals surface area contributed by atoms with Crippen molar-refractivity contribution in [2.75, 3.05) is 5.32 Å². The molecule has 0 aliphatic carbocycles. The van der Waals surface area contributed by atoms with Crippen molar-refractivity contribution >= 4 is 17.6 Å². The molecule has 0 saturated carbocycles. The van der Waals surface area contributed by atoms with Gasteiger partial charge in [-0.25, -0.2) is 4.39 Å². The van der Waals surface area contributed by atoms with Gasteiger partial charge >= 0.3 is 5.97 Å². The number of nitrogens with one attached hydrogen (secondary N) is 1. The van der Waals surface area contributed by atoms with Gasteiger partial charge in [0.05, 0.1) is 31.2 Å². The molecule has 3 aromatic carbocycles. The SMILES string of the molecule is [2H]C([2H])(Cn1c(-c2ccc(F)cc2)c(-c2ccccc2)c(C(=O)Nc2ccccc2)c1C(C)C)[C@]([2H])(O)C[C@@H](O)CC(=O)O. The molecule has 1 heterocycles. The maximum Gasteiger partial charge on any atom is 0.305 e.